The number of sulfonamides is 1. The van der Waals surface area contributed by atoms with Crippen LogP contribution < -0.4 is 10.5 Å². The molecule has 0 radical (unpaired) electrons. The zero-order valence-electron chi connectivity index (χ0n) is 11.7. The van der Waals surface area contributed by atoms with Crippen molar-refractivity contribution in [3.05, 3.63) is 40.4 Å². The van der Waals surface area contributed by atoms with Gasteiger partial charge in [0.2, 0.25) is 0 Å². The highest BCUT2D eigenvalue weighted by Crippen LogP contribution is 2.41. The molecule has 21 heavy (non-hydrogen) atoms. The maximum Gasteiger partial charge on any atom is 0.263 e. The molecule has 0 bridgehead atoms. The van der Waals surface area contributed by atoms with Crippen molar-refractivity contribution < 1.29 is 8.42 Å². The van der Waals surface area contributed by atoms with E-state index in [4.69, 9.17) is 5.73 Å². The average molecular weight is 323 g/mol. The molecule has 1 aliphatic rings. The van der Waals surface area contributed by atoms with Gasteiger partial charge in [-0.25, -0.2) is 13.4 Å². The second-order valence-electron chi connectivity index (χ2n) is 5.26. The van der Waals surface area contributed by atoms with Crippen molar-refractivity contribution in [2.45, 2.75) is 37.1 Å². The number of hydrogen-bond acceptors (Lipinski definition) is 5. The predicted octanol–water partition coefficient (Wildman–Crippen LogP) is 2.59. The van der Waals surface area contributed by atoms with Gasteiger partial charge < -0.3 is 5.73 Å². The van der Waals surface area contributed by atoms with E-state index in [0.717, 1.165) is 24.1 Å². The van der Waals surface area contributed by atoms with Crippen molar-refractivity contribution in [1.29, 1.82) is 0 Å². The van der Waals surface area contributed by atoms with Gasteiger partial charge in [-0.3, -0.25) is 4.72 Å². The summed E-state index contributed by atoms with van der Waals surface area (Å²) in [6.07, 6.45) is 2.29. The molecule has 1 heterocycles. The summed E-state index contributed by atoms with van der Waals surface area (Å²) in [7, 11) is -3.63. The van der Waals surface area contributed by atoms with Gasteiger partial charge in [0.25, 0.3) is 10.0 Å². The van der Waals surface area contributed by atoms with Gasteiger partial charge >= 0.3 is 0 Å². The zero-order valence-corrected chi connectivity index (χ0v) is 13.3. The average Bonchev–Trinajstić information content (AvgIpc) is 3.20. The van der Waals surface area contributed by atoms with Crippen LogP contribution in [-0.2, 0) is 16.6 Å². The number of aromatic nitrogens is 1. The van der Waals surface area contributed by atoms with Gasteiger partial charge in [-0.2, -0.15) is 0 Å². The van der Waals surface area contributed by atoms with Gasteiger partial charge in [0.05, 0.1) is 10.6 Å². The lowest BCUT2D eigenvalue weighted by Crippen LogP contribution is -2.15. The summed E-state index contributed by atoms with van der Waals surface area (Å²) < 4.78 is 27.6. The van der Waals surface area contributed by atoms with Crippen LogP contribution in [-0.4, -0.2) is 13.4 Å². The lowest BCUT2D eigenvalue weighted by Gasteiger charge is -2.09. The van der Waals surface area contributed by atoms with Crippen LogP contribution >= 0.6 is 11.3 Å². The molecule has 0 amide bonds. The van der Waals surface area contributed by atoms with E-state index in [2.05, 4.69) is 9.71 Å². The van der Waals surface area contributed by atoms with E-state index >= 15 is 0 Å². The van der Waals surface area contributed by atoms with Gasteiger partial charge in [0.15, 0.2) is 5.13 Å². The summed E-state index contributed by atoms with van der Waals surface area (Å²) >= 11 is 1.33. The zero-order chi connectivity index (χ0) is 15.0. The summed E-state index contributed by atoms with van der Waals surface area (Å²) in [5.74, 6) is 0.516. The largest absolute Gasteiger partial charge is 0.326 e. The number of benzene rings is 1. The van der Waals surface area contributed by atoms with Crippen molar-refractivity contribution >= 4 is 26.5 Å². The number of nitrogens with zero attached hydrogens (tertiary/aromatic N) is 1. The minimum atomic E-state index is -3.63. The predicted molar refractivity (Wildman–Crippen MR) is 84.0 cm³/mol. The quantitative estimate of drug-likeness (QED) is 0.885. The number of aryl methyl sites for hydroxylation is 1. The molecule has 1 saturated carbocycles. The molecule has 2 aromatic rings. The smallest absolute Gasteiger partial charge is 0.263 e. The number of nitrogens with two attached hydrogens (primary N) is 1. The Morgan fingerprint density at radius 1 is 1.43 bits per heavy atom. The highest BCUT2D eigenvalue weighted by Gasteiger charge is 2.27. The Kier molecular flexibility index (Phi) is 3.73. The maximum absolute atomic E-state index is 12.5. The third-order valence-corrected chi connectivity index (χ3v) is 5.90. The molecule has 0 atom stereocenters. The molecule has 0 unspecified atom stereocenters. The lowest BCUT2D eigenvalue weighted by molar-refractivity contribution is 0.600. The van der Waals surface area contributed by atoms with Crippen LogP contribution in [0.5, 0.6) is 0 Å². The second kappa shape index (κ2) is 5.40. The van der Waals surface area contributed by atoms with Crippen LogP contribution in [0.4, 0.5) is 5.13 Å². The molecular weight excluding hydrogens is 306 g/mol. The first kappa shape index (κ1) is 14.5. The van der Waals surface area contributed by atoms with Crippen LogP contribution in [0.25, 0.3) is 0 Å². The molecule has 1 aromatic heterocycles. The van der Waals surface area contributed by atoms with E-state index in [9.17, 15) is 8.42 Å². The fourth-order valence-electron chi connectivity index (χ4n) is 2.13. The molecule has 7 heteroatoms. The first-order valence-electron chi connectivity index (χ1n) is 6.77. The second-order valence-corrected chi connectivity index (χ2v) is 7.77. The highest BCUT2D eigenvalue weighted by molar-refractivity contribution is 7.93. The third kappa shape index (κ3) is 3.09. The van der Waals surface area contributed by atoms with Crippen LogP contribution in [0.15, 0.2) is 28.5 Å². The maximum atomic E-state index is 12.5. The molecule has 1 aliphatic carbocycles. The lowest BCUT2D eigenvalue weighted by atomic mass is 10.1. The normalized spacial score (nSPS) is 15.1. The standard InChI is InChI=1S/C14H17N3O2S2/c1-9-2-3-10(7-15)6-13(9)21(18,19)17-14-16-12(8-20-14)11-4-5-11/h2-3,6,8,11H,4-5,7,15H2,1H3,(H,16,17). The molecular formula is C14H17N3O2S2. The molecule has 1 aromatic carbocycles. The first-order valence-corrected chi connectivity index (χ1v) is 9.14. The number of thiazole rings is 1. The Bertz CT molecular complexity index is 764. The molecule has 1 fully saturated rings. The van der Waals surface area contributed by atoms with E-state index in [-0.39, 0.29) is 4.90 Å². The molecule has 0 spiro atoms. The topological polar surface area (TPSA) is 85.1 Å². The number of anilines is 1. The Morgan fingerprint density at radius 2 is 2.19 bits per heavy atom. The number of hydrogen-bond donors (Lipinski definition) is 2. The Balaban J connectivity index is 1.88. The summed E-state index contributed by atoms with van der Waals surface area (Å²) in [5, 5.41) is 2.35. The molecule has 3 N–H and O–H groups in total. The van der Waals surface area contributed by atoms with E-state index < -0.39 is 10.0 Å². The number of nitrogens with one attached hydrogen (secondary N) is 1. The molecule has 3 rings (SSSR count). The summed E-state index contributed by atoms with van der Waals surface area (Å²) in [6, 6.07) is 5.23. The summed E-state index contributed by atoms with van der Waals surface area (Å²) in [5.41, 5.74) is 8.06. The molecule has 5 nitrogen and oxygen atoms in total. The van der Waals surface area contributed by atoms with E-state index in [1.165, 1.54) is 11.3 Å². The van der Waals surface area contributed by atoms with Gasteiger partial charge in [-0.15, -0.1) is 11.3 Å². The highest BCUT2D eigenvalue weighted by atomic mass is 32.2. The summed E-state index contributed by atoms with van der Waals surface area (Å²) in [4.78, 5) is 4.62. The van der Waals surface area contributed by atoms with Crippen LogP contribution in [0, 0.1) is 6.92 Å². The van der Waals surface area contributed by atoms with Crippen LogP contribution in [0.1, 0.15) is 35.6 Å². The summed E-state index contributed by atoms with van der Waals surface area (Å²) in [6.45, 7) is 2.08. The molecule has 112 valence electrons. The van der Waals surface area contributed by atoms with Gasteiger partial charge in [0.1, 0.15) is 0 Å². The molecule has 0 aliphatic heterocycles. The first-order chi connectivity index (χ1) is 9.99. The van der Waals surface area contributed by atoms with Crippen molar-refractivity contribution in [3.8, 4) is 0 Å². The fraction of sp³-hybridized carbons (Fsp3) is 0.357. The van der Waals surface area contributed by atoms with Gasteiger partial charge in [0, 0.05) is 17.8 Å². The van der Waals surface area contributed by atoms with E-state index in [1.807, 2.05) is 11.4 Å². The Labute approximate surface area is 128 Å². The Hall–Kier alpha value is -1.44. The SMILES string of the molecule is Cc1ccc(CN)cc1S(=O)(=O)Nc1nc(C2CC2)cs1. The van der Waals surface area contributed by atoms with Crippen LogP contribution in [0.2, 0.25) is 0 Å². The van der Waals surface area contributed by atoms with Crippen molar-refractivity contribution in [1.82, 2.24) is 4.98 Å². The third-order valence-electron chi connectivity index (χ3n) is 3.52. The van der Waals surface area contributed by atoms with Crippen molar-refractivity contribution in [2.75, 3.05) is 4.72 Å². The van der Waals surface area contributed by atoms with E-state index in [0.29, 0.717) is 23.2 Å². The minimum Gasteiger partial charge on any atom is -0.326 e. The van der Waals surface area contributed by atoms with Crippen LogP contribution in [0.3, 0.4) is 0 Å². The number of rotatable bonds is 5. The fourth-order valence-corrected chi connectivity index (χ4v) is 4.47. The van der Waals surface area contributed by atoms with Gasteiger partial charge in [-0.1, -0.05) is 12.1 Å². The molecule has 0 saturated heterocycles. The van der Waals surface area contributed by atoms with Gasteiger partial charge in [-0.05, 0) is 37.0 Å². The Morgan fingerprint density at radius 3 is 2.86 bits per heavy atom. The van der Waals surface area contributed by atoms with E-state index in [1.54, 1.807) is 19.1 Å². The minimum absolute atomic E-state index is 0.258. The monoisotopic (exact) mass is 323 g/mol. The van der Waals surface area contributed by atoms with Crippen molar-refractivity contribution in [2.24, 2.45) is 5.73 Å². The van der Waals surface area contributed by atoms with Crippen molar-refractivity contribution in [3.63, 3.8) is 0 Å².